The molecule has 1 aliphatic rings. The smallest absolute Gasteiger partial charge is 0.224 e. The van der Waals surface area contributed by atoms with Crippen LogP contribution in [-0.2, 0) is 11.3 Å². The highest BCUT2D eigenvalue weighted by Gasteiger charge is 2.44. The lowest BCUT2D eigenvalue weighted by Crippen LogP contribution is -2.25. The Hall–Kier alpha value is -3.21. The van der Waals surface area contributed by atoms with Crippen LogP contribution in [0.2, 0.25) is 0 Å². The van der Waals surface area contributed by atoms with Crippen LogP contribution in [0.25, 0.3) is 0 Å². The molecule has 5 heteroatoms. The molecule has 3 aromatic rings. The fraction of sp³-hybridized carbons (Fsp3) is 0.250. The summed E-state index contributed by atoms with van der Waals surface area (Å²) in [5.41, 5.74) is 3.68. The molecule has 0 aliphatic heterocycles. The maximum Gasteiger partial charge on any atom is 0.224 e. The van der Waals surface area contributed by atoms with E-state index < -0.39 is 0 Å². The molecule has 1 amide bonds. The maximum atomic E-state index is 13.9. The number of ether oxygens (including phenoxy) is 1. The summed E-state index contributed by atoms with van der Waals surface area (Å²) >= 11 is 0. The van der Waals surface area contributed by atoms with Crippen molar-refractivity contribution in [3.05, 3.63) is 88.9 Å². The zero-order valence-electron chi connectivity index (χ0n) is 16.5. The monoisotopic (exact) mass is 390 g/mol. The highest BCUT2D eigenvalue weighted by Crippen LogP contribution is 2.48. The van der Waals surface area contributed by atoms with E-state index in [1.807, 2.05) is 38.1 Å². The summed E-state index contributed by atoms with van der Waals surface area (Å²) in [5.74, 6) is 0.821. The molecule has 4 nitrogen and oxygen atoms in total. The Morgan fingerprint density at radius 1 is 1.17 bits per heavy atom. The molecule has 29 heavy (non-hydrogen) atoms. The van der Waals surface area contributed by atoms with Crippen LogP contribution in [0.5, 0.6) is 11.6 Å². The van der Waals surface area contributed by atoms with Crippen LogP contribution in [0.1, 0.15) is 34.6 Å². The van der Waals surface area contributed by atoms with E-state index in [0.717, 1.165) is 22.4 Å². The van der Waals surface area contributed by atoms with Crippen LogP contribution in [0.3, 0.4) is 0 Å². The first kappa shape index (κ1) is 19.1. The Morgan fingerprint density at radius 3 is 2.76 bits per heavy atom. The van der Waals surface area contributed by atoms with Crippen LogP contribution in [0.15, 0.2) is 60.8 Å². The van der Waals surface area contributed by atoms with E-state index in [1.165, 1.54) is 6.07 Å². The Kier molecular flexibility index (Phi) is 5.30. The molecule has 1 N–H and O–H groups in total. The number of aryl methyl sites for hydroxylation is 2. The van der Waals surface area contributed by atoms with Crippen molar-refractivity contribution in [3.8, 4) is 11.6 Å². The fourth-order valence-corrected chi connectivity index (χ4v) is 3.43. The molecule has 0 saturated heterocycles. The van der Waals surface area contributed by atoms with Crippen molar-refractivity contribution in [2.75, 3.05) is 0 Å². The summed E-state index contributed by atoms with van der Waals surface area (Å²) in [6.07, 6.45) is 2.38. The molecule has 0 bridgehead atoms. The molecule has 1 fully saturated rings. The summed E-state index contributed by atoms with van der Waals surface area (Å²) in [6, 6.07) is 16.4. The van der Waals surface area contributed by atoms with E-state index in [2.05, 4.69) is 10.3 Å². The minimum Gasteiger partial charge on any atom is -0.439 e. The predicted molar refractivity (Wildman–Crippen MR) is 109 cm³/mol. The number of halogens is 1. The van der Waals surface area contributed by atoms with Crippen molar-refractivity contribution in [2.45, 2.75) is 32.7 Å². The molecule has 0 spiro atoms. The average molecular weight is 390 g/mol. The van der Waals surface area contributed by atoms with E-state index in [-0.39, 0.29) is 23.6 Å². The number of benzene rings is 2. The molecular formula is C24H23FN2O2. The molecule has 2 aromatic carbocycles. The van der Waals surface area contributed by atoms with Gasteiger partial charge in [0.25, 0.3) is 0 Å². The Balaban J connectivity index is 1.31. The van der Waals surface area contributed by atoms with Crippen molar-refractivity contribution in [1.82, 2.24) is 10.3 Å². The third-order valence-electron chi connectivity index (χ3n) is 5.25. The molecule has 0 radical (unpaired) electrons. The van der Waals surface area contributed by atoms with E-state index >= 15 is 0 Å². The molecule has 1 aliphatic carbocycles. The van der Waals surface area contributed by atoms with Gasteiger partial charge in [-0.15, -0.1) is 0 Å². The SMILES string of the molecule is Cc1ccc(C)c(Oc2ccc(CNC(=O)C3CC3c3ccccc3F)cn2)c1. The van der Waals surface area contributed by atoms with Gasteiger partial charge in [0, 0.05) is 24.7 Å². The number of hydrogen-bond acceptors (Lipinski definition) is 3. The molecule has 1 aromatic heterocycles. The summed E-state index contributed by atoms with van der Waals surface area (Å²) in [6.45, 7) is 4.39. The number of pyridine rings is 1. The number of carbonyl (C=O) groups is 1. The Labute approximate surface area is 169 Å². The van der Waals surface area contributed by atoms with Gasteiger partial charge in [0.05, 0.1) is 0 Å². The van der Waals surface area contributed by atoms with Crippen LogP contribution in [0, 0.1) is 25.6 Å². The predicted octanol–water partition coefficient (Wildman–Crippen LogP) is 5.05. The standard InChI is InChI=1S/C24H23FN2O2/c1-15-7-8-16(2)22(11-15)29-23-10-9-17(13-26-23)14-27-24(28)20-12-19(20)18-5-3-4-6-21(18)25/h3-11,13,19-20H,12,14H2,1-2H3,(H,27,28). The quantitative estimate of drug-likeness (QED) is 0.641. The lowest BCUT2D eigenvalue weighted by Gasteiger charge is -2.10. The maximum absolute atomic E-state index is 13.9. The normalized spacial score (nSPS) is 17.6. The first-order valence-corrected chi connectivity index (χ1v) is 9.73. The minimum atomic E-state index is -0.239. The molecule has 2 unspecified atom stereocenters. The lowest BCUT2D eigenvalue weighted by atomic mass is 10.1. The second-order valence-electron chi connectivity index (χ2n) is 7.56. The van der Waals surface area contributed by atoms with E-state index in [9.17, 15) is 9.18 Å². The minimum absolute atomic E-state index is 0.0253. The average Bonchev–Trinajstić information content (AvgIpc) is 3.51. The number of aromatic nitrogens is 1. The molecule has 1 saturated carbocycles. The van der Waals surface area contributed by atoms with Gasteiger partial charge in [-0.25, -0.2) is 9.37 Å². The van der Waals surface area contributed by atoms with Crippen molar-refractivity contribution in [1.29, 1.82) is 0 Å². The van der Waals surface area contributed by atoms with Gasteiger partial charge in [0.15, 0.2) is 0 Å². The third-order valence-corrected chi connectivity index (χ3v) is 5.25. The zero-order valence-corrected chi connectivity index (χ0v) is 16.5. The third kappa shape index (κ3) is 4.45. The number of rotatable bonds is 6. The summed E-state index contributed by atoms with van der Waals surface area (Å²) in [7, 11) is 0. The van der Waals surface area contributed by atoms with Crippen LogP contribution < -0.4 is 10.1 Å². The molecular weight excluding hydrogens is 367 g/mol. The van der Waals surface area contributed by atoms with Crippen LogP contribution in [-0.4, -0.2) is 10.9 Å². The van der Waals surface area contributed by atoms with Gasteiger partial charge in [-0.1, -0.05) is 36.4 Å². The molecule has 4 rings (SSSR count). The number of nitrogens with zero attached hydrogens (tertiary/aromatic N) is 1. The lowest BCUT2D eigenvalue weighted by molar-refractivity contribution is -0.122. The van der Waals surface area contributed by atoms with E-state index in [4.69, 9.17) is 4.74 Å². The van der Waals surface area contributed by atoms with Gasteiger partial charge in [0.2, 0.25) is 11.8 Å². The highest BCUT2D eigenvalue weighted by molar-refractivity contribution is 5.82. The van der Waals surface area contributed by atoms with Gasteiger partial charge in [-0.3, -0.25) is 4.79 Å². The second-order valence-corrected chi connectivity index (χ2v) is 7.56. The van der Waals surface area contributed by atoms with Crippen molar-refractivity contribution in [2.24, 2.45) is 5.92 Å². The van der Waals surface area contributed by atoms with Gasteiger partial charge in [0.1, 0.15) is 11.6 Å². The summed E-state index contributed by atoms with van der Waals surface area (Å²) in [5, 5.41) is 2.92. The molecule has 1 heterocycles. The van der Waals surface area contributed by atoms with Crippen molar-refractivity contribution >= 4 is 5.91 Å². The largest absolute Gasteiger partial charge is 0.439 e. The highest BCUT2D eigenvalue weighted by atomic mass is 19.1. The van der Waals surface area contributed by atoms with Gasteiger partial charge >= 0.3 is 0 Å². The summed E-state index contributed by atoms with van der Waals surface area (Å²) in [4.78, 5) is 16.7. The van der Waals surface area contributed by atoms with Gasteiger partial charge < -0.3 is 10.1 Å². The van der Waals surface area contributed by atoms with Gasteiger partial charge in [-0.2, -0.15) is 0 Å². The fourth-order valence-electron chi connectivity index (χ4n) is 3.43. The van der Waals surface area contributed by atoms with Crippen molar-refractivity contribution in [3.63, 3.8) is 0 Å². The van der Waals surface area contributed by atoms with Crippen LogP contribution in [0.4, 0.5) is 4.39 Å². The number of hydrogen-bond donors (Lipinski definition) is 1. The first-order valence-electron chi connectivity index (χ1n) is 9.73. The molecule has 148 valence electrons. The summed E-state index contributed by atoms with van der Waals surface area (Å²) < 4.78 is 19.7. The first-order chi connectivity index (χ1) is 14.0. The van der Waals surface area contributed by atoms with E-state index in [1.54, 1.807) is 30.5 Å². The van der Waals surface area contributed by atoms with Crippen molar-refractivity contribution < 1.29 is 13.9 Å². The Morgan fingerprint density at radius 2 is 2.00 bits per heavy atom. The number of nitrogens with one attached hydrogen (secondary N) is 1. The van der Waals surface area contributed by atoms with Crippen LogP contribution >= 0.6 is 0 Å². The number of amides is 1. The van der Waals surface area contributed by atoms with E-state index in [0.29, 0.717) is 24.4 Å². The topological polar surface area (TPSA) is 51.2 Å². The second kappa shape index (κ2) is 8.03. The zero-order chi connectivity index (χ0) is 20.4. The molecule has 2 atom stereocenters. The number of carbonyl (C=O) groups excluding carboxylic acids is 1. The van der Waals surface area contributed by atoms with Gasteiger partial charge in [-0.05, 0) is 60.6 Å². The Bertz CT molecular complexity index is 1030.